The zero-order valence-electron chi connectivity index (χ0n) is 13.9. The number of anilines is 1. The summed E-state index contributed by atoms with van der Waals surface area (Å²) in [5.41, 5.74) is 3.33. The lowest BCUT2D eigenvalue weighted by Gasteiger charge is -2.36. The van der Waals surface area contributed by atoms with Crippen molar-refractivity contribution >= 4 is 17.3 Å². The van der Waals surface area contributed by atoms with Gasteiger partial charge in [-0.3, -0.25) is 9.58 Å². The number of hydrogen-bond acceptors (Lipinski definition) is 4. The first-order valence-corrected chi connectivity index (χ1v) is 8.26. The lowest BCUT2D eigenvalue weighted by Crippen LogP contribution is -2.46. The van der Waals surface area contributed by atoms with Crippen molar-refractivity contribution in [1.29, 1.82) is 0 Å². The van der Waals surface area contributed by atoms with Crippen molar-refractivity contribution in [2.75, 3.05) is 38.2 Å². The Labute approximate surface area is 142 Å². The van der Waals surface area contributed by atoms with E-state index in [1.54, 1.807) is 11.8 Å². The average molecular weight is 335 g/mol. The van der Waals surface area contributed by atoms with E-state index in [9.17, 15) is 0 Å². The van der Waals surface area contributed by atoms with Crippen molar-refractivity contribution < 1.29 is 4.74 Å². The van der Waals surface area contributed by atoms with Crippen LogP contribution in [-0.4, -0.2) is 48.0 Å². The van der Waals surface area contributed by atoms with Crippen molar-refractivity contribution in [2.24, 2.45) is 7.05 Å². The summed E-state index contributed by atoms with van der Waals surface area (Å²) in [6.45, 7) is 6.85. The molecule has 0 aliphatic carbocycles. The third-order valence-corrected chi connectivity index (χ3v) is 4.92. The van der Waals surface area contributed by atoms with Crippen LogP contribution >= 0.6 is 11.6 Å². The first-order chi connectivity index (χ1) is 11.1. The Hall–Kier alpha value is -1.72. The number of benzene rings is 1. The van der Waals surface area contributed by atoms with Crippen LogP contribution in [0.1, 0.15) is 11.3 Å². The summed E-state index contributed by atoms with van der Waals surface area (Å²) in [7, 11) is 3.61. The van der Waals surface area contributed by atoms with Crippen molar-refractivity contribution in [3.63, 3.8) is 0 Å². The molecular weight excluding hydrogens is 312 g/mol. The number of nitrogens with zero attached hydrogens (tertiary/aromatic N) is 4. The number of para-hydroxylation sites is 2. The third kappa shape index (κ3) is 3.31. The molecule has 2 aromatic rings. The number of aryl methyl sites for hydroxylation is 2. The van der Waals surface area contributed by atoms with Crippen LogP contribution in [0.15, 0.2) is 24.3 Å². The Kier molecular flexibility index (Phi) is 4.78. The zero-order valence-corrected chi connectivity index (χ0v) is 14.7. The summed E-state index contributed by atoms with van der Waals surface area (Å²) < 4.78 is 7.22. The monoisotopic (exact) mass is 334 g/mol. The van der Waals surface area contributed by atoms with E-state index in [0.717, 1.165) is 54.9 Å². The van der Waals surface area contributed by atoms with E-state index in [1.807, 2.05) is 26.1 Å². The van der Waals surface area contributed by atoms with Gasteiger partial charge < -0.3 is 9.64 Å². The van der Waals surface area contributed by atoms with Crippen LogP contribution < -0.4 is 9.64 Å². The van der Waals surface area contributed by atoms with Crippen LogP contribution in [0.4, 0.5) is 5.69 Å². The highest BCUT2D eigenvalue weighted by molar-refractivity contribution is 6.30. The SMILES string of the molecule is COc1ccccc1N1CCN(Cc2c(C)nn(C)c2Cl)CC1. The second kappa shape index (κ2) is 6.81. The molecule has 0 saturated carbocycles. The second-order valence-corrected chi connectivity index (χ2v) is 6.27. The minimum absolute atomic E-state index is 0.745. The van der Waals surface area contributed by atoms with Gasteiger partial charge >= 0.3 is 0 Å². The molecule has 2 heterocycles. The summed E-state index contributed by atoms with van der Waals surface area (Å²) in [6.07, 6.45) is 0. The highest BCUT2D eigenvalue weighted by Crippen LogP contribution is 2.29. The van der Waals surface area contributed by atoms with Gasteiger partial charge in [0.1, 0.15) is 10.9 Å². The highest BCUT2D eigenvalue weighted by Gasteiger charge is 2.21. The molecule has 1 aromatic carbocycles. The molecule has 1 aliphatic rings. The Morgan fingerprint density at radius 1 is 1.17 bits per heavy atom. The molecule has 5 nitrogen and oxygen atoms in total. The number of piperazine rings is 1. The lowest BCUT2D eigenvalue weighted by molar-refractivity contribution is 0.248. The fourth-order valence-corrected chi connectivity index (χ4v) is 3.35. The average Bonchev–Trinajstić information content (AvgIpc) is 2.82. The number of ether oxygens (including phenoxy) is 1. The zero-order chi connectivity index (χ0) is 16.4. The first kappa shape index (κ1) is 16.1. The minimum Gasteiger partial charge on any atom is -0.495 e. The topological polar surface area (TPSA) is 33.5 Å². The van der Waals surface area contributed by atoms with Crippen molar-refractivity contribution in [1.82, 2.24) is 14.7 Å². The van der Waals surface area contributed by atoms with E-state index in [4.69, 9.17) is 16.3 Å². The quantitative estimate of drug-likeness (QED) is 0.861. The molecule has 1 fully saturated rings. The molecule has 0 spiro atoms. The molecule has 0 amide bonds. The number of halogens is 1. The van der Waals surface area contributed by atoms with E-state index in [2.05, 4.69) is 27.0 Å². The van der Waals surface area contributed by atoms with Gasteiger partial charge in [-0.1, -0.05) is 23.7 Å². The van der Waals surface area contributed by atoms with Gasteiger partial charge in [-0.15, -0.1) is 0 Å². The van der Waals surface area contributed by atoms with E-state index in [1.165, 1.54) is 5.69 Å². The van der Waals surface area contributed by atoms with Gasteiger partial charge in [0.15, 0.2) is 0 Å². The smallest absolute Gasteiger partial charge is 0.142 e. The molecule has 6 heteroatoms. The summed E-state index contributed by atoms with van der Waals surface area (Å²) in [4.78, 5) is 4.81. The van der Waals surface area contributed by atoms with E-state index in [0.29, 0.717) is 0 Å². The normalized spacial score (nSPS) is 15.9. The Morgan fingerprint density at radius 3 is 2.48 bits per heavy atom. The van der Waals surface area contributed by atoms with Crippen LogP contribution in [-0.2, 0) is 13.6 Å². The fraction of sp³-hybridized carbons (Fsp3) is 0.471. The standard InChI is InChI=1S/C17H23ClN4O/c1-13-14(17(18)20(2)19-13)12-21-8-10-22(11-9-21)15-6-4-5-7-16(15)23-3/h4-7H,8-12H2,1-3H3. The first-order valence-electron chi connectivity index (χ1n) is 7.88. The number of hydrogen-bond donors (Lipinski definition) is 0. The largest absolute Gasteiger partial charge is 0.495 e. The maximum Gasteiger partial charge on any atom is 0.142 e. The van der Waals surface area contributed by atoms with E-state index in [-0.39, 0.29) is 0 Å². The maximum absolute atomic E-state index is 6.34. The van der Waals surface area contributed by atoms with Crippen LogP contribution in [0.2, 0.25) is 5.15 Å². The van der Waals surface area contributed by atoms with Gasteiger partial charge in [0.05, 0.1) is 18.5 Å². The second-order valence-electron chi connectivity index (χ2n) is 5.91. The Morgan fingerprint density at radius 2 is 1.87 bits per heavy atom. The summed E-state index contributed by atoms with van der Waals surface area (Å²) >= 11 is 6.34. The molecule has 1 aromatic heterocycles. The van der Waals surface area contributed by atoms with Gasteiger partial charge in [0.2, 0.25) is 0 Å². The lowest BCUT2D eigenvalue weighted by atomic mass is 10.2. The van der Waals surface area contributed by atoms with Crippen molar-refractivity contribution in [3.8, 4) is 5.75 Å². The van der Waals surface area contributed by atoms with Crippen LogP contribution in [0.5, 0.6) is 5.75 Å². The Balaban J connectivity index is 1.64. The minimum atomic E-state index is 0.745. The van der Waals surface area contributed by atoms with Crippen LogP contribution in [0.25, 0.3) is 0 Å². The summed E-state index contributed by atoms with van der Waals surface area (Å²) in [5.74, 6) is 0.937. The molecule has 1 aliphatic heterocycles. The third-order valence-electron chi connectivity index (χ3n) is 4.45. The number of aromatic nitrogens is 2. The maximum atomic E-state index is 6.34. The predicted molar refractivity (Wildman–Crippen MR) is 93.4 cm³/mol. The van der Waals surface area contributed by atoms with Gasteiger partial charge in [-0.05, 0) is 19.1 Å². The molecule has 1 saturated heterocycles. The molecule has 23 heavy (non-hydrogen) atoms. The van der Waals surface area contributed by atoms with Gasteiger partial charge in [-0.25, -0.2) is 0 Å². The van der Waals surface area contributed by atoms with Gasteiger partial charge in [-0.2, -0.15) is 5.10 Å². The highest BCUT2D eigenvalue weighted by atomic mass is 35.5. The molecular formula is C17H23ClN4O. The molecule has 124 valence electrons. The summed E-state index contributed by atoms with van der Waals surface area (Å²) in [5, 5.41) is 5.14. The van der Waals surface area contributed by atoms with Crippen molar-refractivity contribution in [2.45, 2.75) is 13.5 Å². The molecule has 0 bridgehead atoms. The molecule has 3 rings (SSSR count). The number of methoxy groups -OCH3 is 1. The van der Waals surface area contributed by atoms with Crippen LogP contribution in [0.3, 0.4) is 0 Å². The predicted octanol–water partition coefficient (Wildman–Crippen LogP) is 2.71. The Bertz CT molecular complexity index is 677. The molecule has 0 N–H and O–H groups in total. The van der Waals surface area contributed by atoms with Crippen molar-refractivity contribution in [3.05, 3.63) is 40.7 Å². The van der Waals surface area contributed by atoms with Gasteiger partial charge in [0, 0.05) is 45.3 Å². The number of rotatable bonds is 4. The molecule has 0 atom stereocenters. The molecule has 0 radical (unpaired) electrons. The molecule has 0 unspecified atom stereocenters. The van der Waals surface area contributed by atoms with E-state index >= 15 is 0 Å². The van der Waals surface area contributed by atoms with E-state index < -0.39 is 0 Å². The van der Waals surface area contributed by atoms with Gasteiger partial charge in [0.25, 0.3) is 0 Å². The summed E-state index contributed by atoms with van der Waals surface area (Å²) in [6, 6.07) is 8.20. The van der Waals surface area contributed by atoms with Crippen LogP contribution in [0, 0.1) is 6.92 Å². The fourth-order valence-electron chi connectivity index (χ4n) is 3.12.